The third-order valence-corrected chi connectivity index (χ3v) is 3.69. The van der Waals surface area contributed by atoms with Crippen LogP contribution in [-0.4, -0.2) is 41.4 Å². The Morgan fingerprint density at radius 2 is 2.30 bits per heavy atom. The quantitative estimate of drug-likeness (QED) is 0.877. The second kappa shape index (κ2) is 6.37. The Bertz CT molecular complexity index is 610. The zero-order chi connectivity index (χ0) is 14.7. The number of carbonyl (C=O) groups excluding carboxylic acids is 1. The van der Waals surface area contributed by atoms with Gasteiger partial charge in [0.15, 0.2) is 0 Å². The number of nitrogens with one attached hydrogen (secondary N) is 2. The summed E-state index contributed by atoms with van der Waals surface area (Å²) in [7, 11) is 3.65. The lowest BCUT2D eigenvalue weighted by Gasteiger charge is -2.19. The van der Waals surface area contributed by atoms with E-state index in [9.17, 15) is 4.79 Å². The van der Waals surface area contributed by atoms with Gasteiger partial charge in [-0.05, 0) is 25.2 Å². The first kappa shape index (κ1) is 15.0. The van der Waals surface area contributed by atoms with E-state index in [0.29, 0.717) is 13.1 Å². The number of aromatic nitrogens is 2. The fraction of sp³-hybridized carbons (Fsp3) is 0.429. The van der Waals surface area contributed by atoms with Crippen LogP contribution in [0, 0.1) is 5.92 Å². The Labute approximate surface area is 126 Å². The van der Waals surface area contributed by atoms with Crippen LogP contribution >= 0.6 is 15.9 Å². The van der Waals surface area contributed by atoms with E-state index in [2.05, 4.69) is 36.1 Å². The second-order valence-electron chi connectivity index (χ2n) is 5.06. The van der Waals surface area contributed by atoms with Crippen molar-refractivity contribution in [2.24, 2.45) is 5.92 Å². The van der Waals surface area contributed by atoms with Crippen LogP contribution in [-0.2, 0) is 11.3 Å². The average molecular weight is 339 g/mol. The summed E-state index contributed by atoms with van der Waals surface area (Å²) in [4.78, 5) is 21.4. The molecule has 1 unspecified atom stereocenters. The maximum absolute atomic E-state index is 11.5. The molecule has 0 radical (unpaired) electrons. The fourth-order valence-electron chi connectivity index (χ4n) is 2.23. The first-order chi connectivity index (χ1) is 9.49. The third-order valence-electron chi connectivity index (χ3n) is 3.19. The van der Waals surface area contributed by atoms with Crippen LogP contribution < -0.4 is 5.32 Å². The van der Waals surface area contributed by atoms with Gasteiger partial charge in [0.05, 0.1) is 17.6 Å². The van der Waals surface area contributed by atoms with Crippen LogP contribution in [0.3, 0.4) is 0 Å². The van der Waals surface area contributed by atoms with Gasteiger partial charge < -0.3 is 10.3 Å². The van der Waals surface area contributed by atoms with E-state index in [-0.39, 0.29) is 11.8 Å². The van der Waals surface area contributed by atoms with Crippen molar-refractivity contribution in [2.75, 3.05) is 20.6 Å². The Morgan fingerprint density at radius 1 is 1.55 bits per heavy atom. The number of aromatic amines is 1. The van der Waals surface area contributed by atoms with Crippen molar-refractivity contribution in [2.45, 2.75) is 13.5 Å². The Balaban J connectivity index is 2.02. The van der Waals surface area contributed by atoms with Gasteiger partial charge in [-0.3, -0.25) is 9.69 Å². The molecule has 0 saturated heterocycles. The highest BCUT2D eigenvalue weighted by atomic mass is 79.9. The molecule has 6 heteroatoms. The van der Waals surface area contributed by atoms with Crippen molar-refractivity contribution >= 4 is 32.9 Å². The summed E-state index contributed by atoms with van der Waals surface area (Å²) in [6.45, 7) is 3.30. The highest BCUT2D eigenvalue weighted by Gasteiger charge is 2.14. The monoisotopic (exact) mass is 338 g/mol. The number of hydrogen-bond acceptors (Lipinski definition) is 3. The Hall–Kier alpha value is -1.40. The normalized spacial score (nSPS) is 12.8. The summed E-state index contributed by atoms with van der Waals surface area (Å²) in [5.41, 5.74) is 1.97. The zero-order valence-corrected chi connectivity index (χ0v) is 13.5. The number of rotatable bonds is 5. The molecule has 0 aliphatic heterocycles. The molecule has 0 aliphatic rings. The van der Waals surface area contributed by atoms with Crippen LogP contribution in [0.4, 0.5) is 0 Å². The molecule has 1 amide bonds. The summed E-state index contributed by atoms with van der Waals surface area (Å²) in [6.07, 6.45) is 0. The van der Waals surface area contributed by atoms with Gasteiger partial charge in [-0.2, -0.15) is 0 Å². The Kier molecular flexibility index (Phi) is 4.77. The number of H-pyrrole nitrogens is 1. The van der Waals surface area contributed by atoms with Crippen molar-refractivity contribution < 1.29 is 4.79 Å². The van der Waals surface area contributed by atoms with Gasteiger partial charge >= 0.3 is 0 Å². The van der Waals surface area contributed by atoms with Crippen LogP contribution in [0.25, 0.3) is 11.0 Å². The Morgan fingerprint density at radius 3 is 3.00 bits per heavy atom. The van der Waals surface area contributed by atoms with Crippen molar-refractivity contribution in [1.82, 2.24) is 20.2 Å². The molecule has 2 aromatic rings. The molecule has 0 spiro atoms. The zero-order valence-electron chi connectivity index (χ0n) is 11.9. The van der Waals surface area contributed by atoms with E-state index in [1.54, 1.807) is 7.05 Å². The molecule has 2 rings (SSSR count). The molecule has 0 aliphatic carbocycles. The summed E-state index contributed by atoms with van der Waals surface area (Å²) in [5.74, 6) is 0.929. The molecule has 0 fully saturated rings. The number of hydrogen-bond donors (Lipinski definition) is 2. The number of fused-ring (bicyclic) bond motifs is 1. The van der Waals surface area contributed by atoms with Crippen molar-refractivity contribution in [3.05, 3.63) is 28.5 Å². The van der Waals surface area contributed by atoms with E-state index in [1.165, 1.54) is 0 Å². The molecule has 0 saturated carbocycles. The number of amides is 1. The van der Waals surface area contributed by atoms with Gasteiger partial charge in [-0.15, -0.1) is 0 Å². The first-order valence-electron chi connectivity index (χ1n) is 6.54. The molecule has 1 heterocycles. The fourth-order valence-corrected chi connectivity index (χ4v) is 2.59. The standard InChI is InChI=1S/C14H19BrN4O/c1-9(14(20)16-2)7-19(3)8-13-17-11-5-4-10(15)6-12(11)18-13/h4-6,9H,7-8H2,1-3H3,(H,16,20)(H,17,18). The largest absolute Gasteiger partial charge is 0.359 e. The minimum atomic E-state index is -0.0384. The van der Waals surface area contributed by atoms with E-state index in [1.807, 2.05) is 32.2 Å². The minimum Gasteiger partial charge on any atom is -0.359 e. The predicted molar refractivity (Wildman–Crippen MR) is 83.4 cm³/mol. The molecule has 2 N–H and O–H groups in total. The van der Waals surface area contributed by atoms with E-state index >= 15 is 0 Å². The molecular formula is C14H19BrN4O. The van der Waals surface area contributed by atoms with Crippen LogP contribution in [0.2, 0.25) is 0 Å². The summed E-state index contributed by atoms with van der Waals surface area (Å²) >= 11 is 3.45. The predicted octanol–water partition coefficient (Wildman–Crippen LogP) is 2.14. The summed E-state index contributed by atoms with van der Waals surface area (Å²) in [6, 6.07) is 5.97. The second-order valence-corrected chi connectivity index (χ2v) is 5.97. The summed E-state index contributed by atoms with van der Waals surface area (Å²) < 4.78 is 1.03. The van der Waals surface area contributed by atoms with Crippen LogP contribution in [0.1, 0.15) is 12.7 Å². The van der Waals surface area contributed by atoms with E-state index in [4.69, 9.17) is 0 Å². The number of benzene rings is 1. The maximum atomic E-state index is 11.5. The van der Waals surface area contributed by atoms with Gasteiger partial charge in [0.1, 0.15) is 5.82 Å². The maximum Gasteiger partial charge on any atom is 0.223 e. The minimum absolute atomic E-state index is 0.0384. The van der Waals surface area contributed by atoms with Crippen LogP contribution in [0.15, 0.2) is 22.7 Å². The average Bonchev–Trinajstić information content (AvgIpc) is 2.78. The van der Waals surface area contributed by atoms with Gasteiger partial charge in [-0.25, -0.2) is 4.98 Å². The number of nitrogens with zero attached hydrogens (tertiary/aromatic N) is 2. The number of carbonyl (C=O) groups is 1. The molecular weight excluding hydrogens is 320 g/mol. The summed E-state index contributed by atoms with van der Waals surface area (Å²) in [5, 5.41) is 2.67. The molecule has 1 atom stereocenters. The number of imidazole rings is 1. The molecule has 20 heavy (non-hydrogen) atoms. The first-order valence-corrected chi connectivity index (χ1v) is 7.33. The van der Waals surface area contributed by atoms with Gasteiger partial charge in [0.2, 0.25) is 5.91 Å². The molecule has 108 valence electrons. The smallest absolute Gasteiger partial charge is 0.223 e. The highest BCUT2D eigenvalue weighted by molar-refractivity contribution is 9.10. The van der Waals surface area contributed by atoms with Gasteiger partial charge in [-0.1, -0.05) is 22.9 Å². The number of halogens is 1. The molecule has 5 nitrogen and oxygen atoms in total. The lowest BCUT2D eigenvalue weighted by molar-refractivity contribution is -0.124. The molecule has 1 aromatic carbocycles. The van der Waals surface area contributed by atoms with Gasteiger partial charge in [0, 0.05) is 24.0 Å². The van der Waals surface area contributed by atoms with Crippen molar-refractivity contribution in [3.63, 3.8) is 0 Å². The van der Waals surface area contributed by atoms with Crippen molar-refractivity contribution in [1.29, 1.82) is 0 Å². The third kappa shape index (κ3) is 3.58. The lowest BCUT2D eigenvalue weighted by atomic mass is 10.1. The van der Waals surface area contributed by atoms with Crippen LogP contribution in [0.5, 0.6) is 0 Å². The van der Waals surface area contributed by atoms with Gasteiger partial charge in [0.25, 0.3) is 0 Å². The van der Waals surface area contributed by atoms with Crippen molar-refractivity contribution in [3.8, 4) is 0 Å². The van der Waals surface area contributed by atoms with E-state index < -0.39 is 0 Å². The topological polar surface area (TPSA) is 61.0 Å². The van der Waals surface area contributed by atoms with E-state index in [0.717, 1.165) is 21.3 Å². The SMILES string of the molecule is CNC(=O)C(C)CN(C)Cc1nc2ccc(Br)cc2[nH]1. The lowest BCUT2D eigenvalue weighted by Crippen LogP contribution is -2.34. The molecule has 0 bridgehead atoms. The highest BCUT2D eigenvalue weighted by Crippen LogP contribution is 2.18. The molecule has 1 aromatic heterocycles.